The second-order valence-corrected chi connectivity index (χ2v) is 7.36. The number of nitrogen functional groups attached to an aromatic ring is 1. The number of carboxylic acid groups (broad SMARTS) is 1. The van der Waals surface area contributed by atoms with E-state index in [1.165, 1.54) is 6.07 Å². The van der Waals surface area contributed by atoms with Gasteiger partial charge in [0, 0.05) is 12.2 Å². The van der Waals surface area contributed by atoms with Crippen LogP contribution in [-0.2, 0) is 11.0 Å². The molecule has 2 amide bonds. The van der Waals surface area contributed by atoms with E-state index >= 15 is 0 Å². The molecule has 6 N–H and O–H groups in total. The van der Waals surface area contributed by atoms with Crippen LogP contribution in [0.15, 0.2) is 29.3 Å². The van der Waals surface area contributed by atoms with Gasteiger partial charge in [-0.25, -0.2) is 9.78 Å². The topological polar surface area (TPSA) is 166 Å². The Bertz CT molecular complexity index is 1060. The molecule has 10 nitrogen and oxygen atoms in total. The molecular weight excluding hydrogens is 463 g/mol. The van der Waals surface area contributed by atoms with Crippen molar-refractivity contribution in [2.45, 2.75) is 30.1 Å². The zero-order valence-corrected chi connectivity index (χ0v) is 18.0. The molecule has 0 bridgehead atoms. The van der Waals surface area contributed by atoms with E-state index in [0.29, 0.717) is 0 Å². The third-order valence-electron chi connectivity index (χ3n) is 4.23. The van der Waals surface area contributed by atoms with Crippen LogP contribution in [0.5, 0.6) is 0 Å². The molecule has 1 aromatic heterocycles. The Hall–Kier alpha value is -3.73. The zero-order chi connectivity index (χ0) is 24.6. The van der Waals surface area contributed by atoms with Gasteiger partial charge in [0.2, 0.25) is 11.9 Å². The Morgan fingerprint density at radius 3 is 2.67 bits per heavy atom. The van der Waals surface area contributed by atoms with Gasteiger partial charge in [-0.15, -0.1) is 11.8 Å². The number of hydrogen-bond donors (Lipinski definition) is 5. The van der Waals surface area contributed by atoms with Gasteiger partial charge in [0.05, 0.1) is 5.56 Å². The number of hydrogen-bond acceptors (Lipinski definition) is 8. The van der Waals surface area contributed by atoms with Gasteiger partial charge in [-0.05, 0) is 37.3 Å². The molecule has 0 aliphatic heterocycles. The number of halogens is 3. The average Bonchev–Trinajstić information content (AvgIpc) is 2.74. The van der Waals surface area contributed by atoms with Crippen LogP contribution >= 0.6 is 11.8 Å². The second kappa shape index (κ2) is 11.2. The van der Waals surface area contributed by atoms with E-state index in [0.717, 1.165) is 30.0 Å². The monoisotopic (exact) mass is 483 g/mol. The molecule has 2 rings (SSSR count). The summed E-state index contributed by atoms with van der Waals surface area (Å²) in [6.45, 7) is 0.0252. The molecule has 1 atom stereocenters. The van der Waals surface area contributed by atoms with E-state index in [-0.39, 0.29) is 47.4 Å². The third kappa shape index (κ3) is 7.42. The molecule has 0 radical (unpaired) electrons. The van der Waals surface area contributed by atoms with E-state index in [9.17, 15) is 28.0 Å². The first-order valence-electron chi connectivity index (χ1n) is 9.38. The predicted octanol–water partition coefficient (Wildman–Crippen LogP) is 3.14. The number of nitriles is 1. The smallest absolute Gasteiger partial charge is 0.416 e. The predicted molar refractivity (Wildman–Crippen MR) is 116 cm³/mol. The van der Waals surface area contributed by atoms with Crippen LogP contribution in [0.1, 0.15) is 24.0 Å². The number of carbonyl (C=O) groups is 2. The van der Waals surface area contributed by atoms with Gasteiger partial charge in [0.15, 0.2) is 5.82 Å². The molecule has 2 aromatic rings. The van der Waals surface area contributed by atoms with Crippen molar-refractivity contribution in [1.29, 1.82) is 5.26 Å². The average molecular weight is 483 g/mol. The van der Waals surface area contributed by atoms with E-state index in [4.69, 9.17) is 10.8 Å². The fourth-order valence-electron chi connectivity index (χ4n) is 2.75. The molecule has 1 aromatic carbocycles. The molecule has 0 aliphatic rings. The number of thioether (sulfide) groups is 1. The van der Waals surface area contributed by atoms with Crippen molar-refractivity contribution in [1.82, 2.24) is 15.3 Å². The first kappa shape index (κ1) is 25.5. The number of rotatable bonds is 9. The minimum Gasteiger partial charge on any atom is -0.465 e. The largest absolute Gasteiger partial charge is 0.465 e. The standard InChI is InChI=1S/C19H20F3N7O3S/c1-33-16-12(9-23)14(28-17(24)29-16)27-13(6-3-7-25-18(31)32)15(30)26-11-5-2-4-10(8-11)19(20,21)22/h2,4-5,8,13,25H,3,6-7H2,1H3,(H,26,30)(H,31,32)(H3,24,27,28,29)/t13-/m0/s1. The maximum atomic E-state index is 13.0. The molecular formula is C19H20F3N7O3S. The number of benzene rings is 1. The number of nitrogens with one attached hydrogen (secondary N) is 3. The highest BCUT2D eigenvalue weighted by molar-refractivity contribution is 7.98. The van der Waals surface area contributed by atoms with Crippen molar-refractivity contribution < 1.29 is 27.9 Å². The number of nitrogens with two attached hydrogens (primary N) is 1. The lowest BCUT2D eigenvalue weighted by molar-refractivity contribution is -0.137. The highest BCUT2D eigenvalue weighted by Gasteiger charge is 2.31. The molecule has 0 unspecified atom stereocenters. The van der Waals surface area contributed by atoms with E-state index < -0.39 is 29.8 Å². The number of aromatic nitrogens is 2. The summed E-state index contributed by atoms with van der Waals surface area (Å²) < 4.78 is 38.9. The molecule has 14 heteroatoms. The molecule has 176 valence electrons. The number of anilines is 3. The number of amides is 2. The summed E-state index contributed by atoms with van der Waals surface area (Å²) in [6, 6.07) is 4.96. The summed E-state index contributed by atoms with van der Waals surface area (Å²) in [4.78, 5) is 31.5. The van der Waals surface area contributed by atoms with E-state index in [1.54, 1.807) is 6.26 Å². The zero-order valence-electron chi connectivity index (χ0n) is 17.2. The van der Waals surface area contributed by atoms with Gasteiger partial charge in [-0.3, -0.25) is 4.79 Å². The van der Waals surface area contributed by atoms with Crippen LogP contribution in [0.25, 0.3) is 0 Å². The quantitative estimate of drug-likeness (QED) is 0.204. The van der Waals surface area contributed by atoms with E-state index in [2.05, 4.69) is 25.9 Å². The van der Waals surface area contributed by atoms with Crippen LogP contribution in [-0.4, -0.2) is 45.9 Å². The lowest BCUT2D eigenvalue weighted by Crippen LogP contribution is -2.36. The highest BCUT2D eigenvalue weighted by Crippen LogP contribution is 2.31. The first-order valence-corrected chi connectivity index (χ1v) is 10.6. The van der Waals surface area contributed by atoms with Crippen LogP contribution in [0.4, 0.5) is 35.4 Å². The lowest BCUT2D eigenvalue weighted by atomic mass is 10.1. The van der Waals surface area contributed by atoms with Gasteiger partial charge in [0.25, 0.3) is 0 Å². The Balaban J connectivity index is 2.29. The highest BCUT2D eigenvalue weighted by atomic mass is 32.2. The van der Waals surface area contributed by atoms with Crippen LogP contribution in [0.3, 0.4) is 0 Å². The lowest BCUT2D eigenvalue weighted by Gasteiger charge is -2.20. The Labute approximate surface area is 190 Å². The van der Waals surface area contributed by atoms with Gasteiger partial charge in [-0.1, -0.05) is 6.07 Å². The molecule has 0 aliphatic carbocycles. The number of carbonyl (C=O) groups excluding carboxylic acids is 1. The maximum Gasteiger partial charge on any atom is 0.416 e. The molecule has 0 saturated carbocycles. The fourth-order valence-corrected chi connectivity index (χ4v) is 3.28. The summed E-state index contributed by atoms with van der Waals surface area (Å²) >= 11 is 1.14. The van der Waals surface area contributed by atoms with Crippen molar-refractivity contribution in [3.8, 4) is 6.07 Å². The number of alkyl halides is 3. The molecule has 33 heavy (non-hydrogen) atoms. The third-order valence-corrected chi connectivity index (χ3v) is 4.91. The van der Waals surface area contributed by atoms with Crippen molar-refractivity contribution >= 4 is 41.2 Å². The van der Waals surface area contributed by atoms with E-state index in [1.807, 2.05) is 6.07 Å². The van der Waals surface area contributed by atoms with Gasteiger partial charge in [0.1, 0.15) is 22.7 Å². The van der Waals surface area contributed by atoms with Crippen molar-refractivity contribution in [3.05, 3.63) is 35.4 Å². The maximum absolute atomic E-state index is 13.0. The van der Waals surface area contributed by atoms with Crippen molar-refractivity contribution in [3.63, 3.8) is 0 Å². The van der Waals surface area contributed by atoms with Gasteiger partial charge < -0.3 is 26.8 Å². The Morgan fingerprint density at radius 2 is 2.06 bits per heavy atom. The van der Waals surface area contributed by atoms with Crippen molar-refractivity contribution in [2.75, 3.05) is 29.2 Å². The summed E-state index contributed by atoms with van der Waals surface area (Å²) in [5.41, 5.74) is 4.70. The normalized spacial score (nSPS) is 11.8. The molecule has 0 fully saturated rings. The molecule has 1 heterocycles. The Morgan fingerprint density at radius 1 is 1.33 bits per heavy atom. The molecule has 0 spiro atoms. The summed E-state index contributed by atoms with van der Waals surface area (Å²) in [5.74, 6) is -0.883. The first-order chi connectivity index (χ1) is 15.5. The second-order valence-electron chi connectivity index (χ2n) is 6.57. The fraction of sp³-hybridized carbons (Fsp3) is 0.316. The van der Waals surface area contributed by atoms with Crippen molar-refractivity contribution in [2.24, 2.45) is 0 Å². The van der Waals surface area contributed by atoms with Gasteiger partial charge >= 0.3 is 12.3 Å². The SMILES string of the molecule is CSc1nc(N)nc(N[C@@H](CCCNC(=O)O)C(=O)Nc2cccc(C(F)(F)F)c2)c1C#N. The molecule has 0 saturated heterocycles. The summed E-state index contributed by atoms with van der Waals surface area (Å²) in [7, 11) is 0. The van der Waals surface area contributed by atoms with Crippen LogP contribution < -0.4 is 21.7 Å². The Kier molecular flexibility index (Phi) is 8.69. The summed E-state index contributed by atoms with van der Waals surface area (Å²) in [5, 5.41) is 25.8. The summed E-state index contributed by atoms with van der Waals surface area (Å²) in [6.07, 6.45) is -3.89. The minimum absolute atomic E-state index is 0.0234. The van der Waals surface area contributed by atoms with Gasteiger partial charge in [-0.2, -0.15) is 23.4 Å². The number of nitrogens with zero attached hydrogens (tertiary/aromatic N) is 3. The van der Waals surface area contributed by atoms with Crippen LogP contribution in [0, 0.1) is 11.3 Å². The van der Waals surface area contributed by atoms with Crippen LogP contribution in [0.2, 0.25) is 0 Å². The minimum atomic E-state index is -4.59.